The predicted octanol–water partition coefficient (Wildman–Crippen LogP) is 5.64. The summed E-state index contributed by atoms with van der Waals surface area (Å²) in [5, 5.41) is 15.9. The number of oxime groups is 1. The SMILES string of the molecule is O=C(O)c1ccc(NC(=O)[C@H]2c3cccc(-c4cncc(F)c4)c3CCN2C(=O)C2CC(c3cccc(Cl)c3F)=NO2)cc1. The van der Waals surface area contributed by atoms with Crippen LogP contribution in [0.3, 0.4) is 0 Å². The summed E-state index contributed by atoms with van der Waals surface area (Å²) in [7, 11) is 0. The number of nitrogens with zero attached hydrogens (tertiary/aromatic N) is 3. The molecule has 2 N–H and O–H groups in total. The Bertz CT molecular complexity index is 1830. The zero-order chi connectivity index (χ0) is 31.0. The first-order valence-corrected chi connectivity index (χ1v) is 13.9. The molecule has 0 fully saturated rings. The van der Waals surface area contributed by atoms with Crippen molar-refractivity contribution < 1.29 is 33.1 Å². The minimum absolute atomic E-state index is 0.0422. The van der Waals surface area contributed by atoms with Crippen molar-refractivity contribution in [3.63, 3.8) is 0 Å². The van der Waals surface area contributed by atoms with Crippen LogP contribution in [0.25, 0.3) is 11.1 Å². The smallest absolute Gasteiger partial charge is 0.335 e. The van der Waals surface area contributed by atoms with E-state index in [1.165, 1.54) is 53.6 Å². The molecule has 4 aromatic rings. The molecule has 44 heavy (non-hydrogen) atoms. The Balaban J connectivity index is 1.33. The van der Waals surface area contributed by atoms with Crippen molar-refractivity contribution in [2.24, 2.45) is 5.16 Å². The zero-order valence-corrected chi connectivity index (χ0v) is 23.6. The van der Waals surface area contributed by atoms with Crippen LogP contribution in [0.1, 0.15) is 39.5 Å². The number of carboxylic acids is 1. The molecule has 2 atom stereocenters. The molecule has 1 aromatic heterocycles. The Morgan fingerprint density at radius 1 is 1.00 bits per heavy atom. The molecule has 222 valence electrons. The molecule has 3 aromatic carbocycles. The van der Waals surface area contributed by atoms with E-state index in [1.54, 1.807) is 24.3 Å². The summed E-state index contributed by atoms with van der Waals surface area (Å²) in [5.74, 6) is -3.40. The Morgan fingerprint density at radius 3 is 2.50 bits per heavy atom. The number of fused-ring (bicyclic) bond motifs is 1. The Morgan fingerprint density at radius 2 is 1.75 bits per heavy atom. The number of benzene rings is 3. The van der Waals surface area contributed by atoms with Gasteiger partial charge in [0.2, 0.25) is 6.10 Å². The second-order valence-corrected chi connectivity index (χ2v) is 10.7. The maximum atomic E-state index is 14.7. The number of amides is 2. The fourth-order valence-electron chi connectivity index (χ4n) is 5.51. The molecule has 0 spiro atoms. The highest BCUT2D eigenvalue weighted by Crippen LogP contribution is 2.38. The standard InChI is InChI=1S/C32H23ClF2N4O5/c33-25-6-2-5-24(28(25)35)26-14-27(44-38-26)31(41)39-12-11-22-21(18-13-19(34)16-36-15-18)3-1-4-23(22)29(39)30(40)37-20-9-7-17(8-10-20)32(42)43/h1-10,13,15-16,27,29H,11-12,14H2,(H,37,40)(H,42,43)/t27?,29-/m1/s1. The van der Waals surface area contributed by atoms with Gasteiger partial charge < -0.3 is 20.2 Å². The van der Waals surface area contributed by atoms with E-state index in [1.807, 2.05) is 0 Å². The average molecular weight is 617 g/mol. The van der Waals surface area contributed by atoms with Gasteiger partial charge in [0.15, 0.2) is 5.82 Å². The molecule has 3 heterocycles. The number of hydrogen-bond donors (Lipinski definition) is 2. The first-order valence-electron chi connectivity index (χ1n) is 13.6. The van der Waals surface area contributed by atoms with E-state index < -0.39 is 41.6 Å². The lowest BCUT2D eigenvalue weighted by atomic mass is 9.86. The molecule has 0 saturated carbocycles. The van der Waals surface area contributed by atoms with Crippen molar-refractivity contribution in [2.45, 2.75) is 25.0 Å². The number of aromatic nitrogens is 1. The lowest BCUT2D eigenvalue weighted by Gasteiger charge is -2.38. The van der Waals surface area contributed by atoms with E-state index in [9.17, 15) is 28.3 Å². The zero-order valence-electron chi connectivity index (χ0n) is 22.8. The molecular weight excluding hydrogens is 594 g/mol. The largest absolute Gasteiger partial charge is 0.478 e. The van der Waals surface area contributed by atoms with Crippen LogP contribution in [0, 0.1) is 11.6 Å². The van der Waals surface area contributed by atoms with Gasteiger partial charge in [0.25, 0.3) is 11.8 Å². The van der Waals surface area contributed by atoms with E-state index in [2.05, 4.69) is 15.5 Å². The van der Waals surface area contributed by atoms with Gasteiger partial charge in [0, 0.05) is 36.0 Å². The molecule has 0 bridgehead atoms. The quantitative estimate of drug-likeness (QED) is 0.289. The second kappa shape index (κ2) is 11.8. The third kappa shape index (κ3) is 5.49. The number of carbonyl (C=O) groups is 3. The van der Waals surface area contributed by atoms with Gasteiger partial charge in [-0.2, -0.15) is 0 Å². The molecule has 0 radical (unpaired) electrons. The van der Waals surface area contributed by atoms with Crippen LogP contribution in [-0.4, -0.2) is 51.1 Å². The number of aromatic carboxylic acids is 1. The number of nitrogens with one attached hydrogen (secondary N) is 1. The first-order chi connectivity index (χ1) is 21.2. The summed E-state index contributed by atoms with van der Waals surface area (Å²) in [5.41, 5.74) is 3.15. The minimum Gasteiger partial charge on any atom is -0.478 e. The van der Waals surface area contributed by atoms with Crippen LogP contribution in [-0.2, 0) is 20.8 Å². The summed E-state index contributed by atoms with van der Waals surface area (Å²) in [6.07, 6.45) is 1.80. The van der Waals surface area contributed by atoms with Crippen molar-refractivity contribution in [2.75, 3.05) is 11.9 Å². The molecule has 2 amide bonds. The number of halogens is 3. The third-order valence-electron chi connectivity index (χ3n) is 7.57. The lowest BCUT2D eigenvalue weighted by molar-refractivity contribution is -0.148. The summed E-state index contributed by atoms with van der Waals surface area (Å²) in [4.78, 5) is 49.9. The molecule has 6 rings (SSSR count). The number of rotatable bonds is 6. The van der Waals surface area contributed by atoms with Gasteiger partial charge in [0.1, 0.15) is 11.9 Å². The first kappa shape index (κ1) is 28.9. The Kier molecular flexibility index (Phi) is 7.79. The van der Waals surface area contributed by atoms with E-state index >= 15 is 0 Å². The maximum absolute atomic E-state index is 14.7. The number of pyridine rings is 1. The molecule has 0 saturated heterocycles. The molecule has 0 aliphatic carbocycles. The molecule has 1 unspecified atom stereocenters. The van der Waals surface area contributed by atoms with Gasteiger partial charge in [-0.05, 0) is 65.6 Å². The Hall–Kier alpha value is -5.16. The van der Waals surface area contributed by atoms with Crippen molar-refractivity contribution in [1.29, 1.82) is 0 Å². The van der Waals surface area contributed by atoms with Crippen LogP contribution in [0.2, 0.25) is 5.02 Å². The predicted molar refractivity (Wildman–Crippen MR) is 157 cm³/mol. The summed E-state index contributed by atoms with van der Waals surface area (Å²) in [6.45, 7) is 0.113. The summed E-state index contributed by atoms with van der Waals surface area (Å²) < 4.78 is 28.8. The average Bonchev–Trinajstić information content (AvgIpc) is 3.51. The number of anilines is 1. The fourth-order valence-corrected chi connectivity index (χ4v) is 5.68. The highest BCUT2D eigenvalue weighted by molar-refractivity contribution is 6.31. The van der Waals surface area contributed by atoms with Crippen LogP contribution in [0.4, 0.5) is 14.5 Å². The van der Waals surface area contributed by atoms with E-state index in [0.717, 1.165) is 11.8 Å². The van der Waals surface area contributed by atoms with Gasteiger partial charge in [0.05, 0.1) is 22.5 Å². The van der Waals surface area contributed by atoms with E-state index in [-0.39, 0.29) is 34.8 Å². The summed E-state index contributed by atoms with van der Waals surface area (Å²) >= 11 is 5.93. The van der Waals surface area contributed by atoms with Gasteiger partial charge in [-0.25, -0.2) is 13.6 Å². The lowest BCUT2D eigenvalue weighted by Crippen LogP contribution is -2.49. The van der Waals surface area contributed by atoms with Crippen LogP contribution in [0.5, 0.6) is 0 Å². The highest BCUT2D eigenvalue weighted by Gasteiger charge is 2.42. The maximum Gasteiger partial charge on any atom is 0.335 e. The number of carbonyl (C=O) groups excluding carboxylic acids is 2. The van der Waals surface area contributed by atoms with Crippen LogP contribution in [0.15, 0.2) is 84.3 Å². The normalized spacial score (nSPS) is 17.3. The fraction of sp³-hybridized carbons (Fsp3) is 0.156. The van der Waals surface area contributed by atoms with Gasteiger partial charge in [-0.15, -0.1) is 0 Å². The van der Waals surface area contributed by atoms with Gasteiger partial charge in [-0.3, -0.25) is 14.6 Å². The Labute approximate surface area is 254 Å². The second-order valence-electron chi connectivity index (χ2n) is 10.3. The number of carboxylic acid groups (broad SMARTS) is 1. The van der Waals surface area contributed by atoms with Crippen molar-refractivity contribution in [3.8, 4) is 11.1 Å². The minimum atomic E-state index is -1.14. The van der Waals surface area contributed by atoms with Gasteiger partial charge >= 0.3 is 5.97 Å². The monoisotopic (exact) mass is 616 g/mol. The van der Waals surface area contributed by atoms with Crippen LogP contribution >= 0.6 is 11.6 Å². The molecular formula is C32H23ClF2N4O5. The van der Waals surface area contributed by atoms with Crippen molar-refractivity contribution in [3.05, 3.63) is 118 Å². The topological polar surface area (TPSA) is 121 Å². The molecule has 2 aliphatic heterocycles. The van der Waals surface area contributed by atoms with Crippen molar-refractivity contribution in [1.82, 2.24) is 9.88 Å². The molecule has 12 heteroatoms. The van der Waals surface area contributed by atoms with E-state index in [0.29, 0.717) is 28.8 Å². The van der Waals surface area contributed by atoms with Crippen molar-refractivity contribution >= 4 is 40.8 Å². The molecule has 2 aliphatic rings. The van der Waals surface area contributed by atoms with Crippen LogP contribution < -0.4 is 5.32 Å². The highest BCUT2D eigenvalue weighted by atomic mass is 35.5. The van der Waals surface area contributed by atoms with E-state index in [4.69, 9.17) is 16.4 Å². The number of hydrogen-bond acceptors (Lipinski definition) is 6. The third-order valence-corrected chi connectivity index (χ3v) is 7.87. The van der Waals surface area contributed by atoms with Gasteiger partial charge in [-0.1, -0.05) is 41.0 Å². The molecule has 9 nitrogen and oxygen atoms in total. The summed E-state index contributed by atoms with van der Waals surface area (Å²) in [6, 6.07) is 15.5.